The van der Waals surface area contributed by atoms with E-state index in [0.29, 0.717) is 0 Å². The molecule has 0 aliphatic carbocycles. The molecule has 0 saturated heterocycles. The minimum Gasteiger partial charge on any atom is -0.490 e. The number of carboxylic acid groups (broad SMARTS) is 1. The number of halogens is 3. The summed E-state index contributed by atoms with van der Waals surface area (Å²) in [6.07, 6.45) is -4.38. The van der Waals surface area contributed by atoms with E-state index in [9.17, 15) is 18.0 Å². The normalized spacial score (nSPS) is 11.4. The summed E-state index contributed by atoms with van der Waals surface area (Å²) in [6, 6.07) is 4.49. The number of benzene rings is 1. The van der Waals surface area contributed by atoms with Crippen molar-refractivity contribution in [3.63, 3.8) is 0 Å². The summed E-state index contributed by atoms with van der Waals surface area (Å²) in [6.45, 7) is -0.0269. The summed E-state index contributed by atoms with van der Waals surface area (Å²) < 4.78 is 44.8. The zero-order valence-electron chi connectivity index (χ0n) is 10.2. The van der Waals surface area contributed by atoms with Gasteiger partial charge in [0, 0.05) is 0 Å². The van der Waals surface area contributed by atoms with Crippen molar-refractivity contribution in [2.45, 2.75) is 13.1 Å². The van der Waals surface area contributed by atoms with Crippen LogP contribution >= 0.6 is 0 Å². The van der Waals surface area contributed by atoms with Gasteiger partial charge in [0.05, 0.1) is 6.61 Å². The summed E-state index contributed by atoms with van der Waals surface area (Å²) in [7, 11) is 0. The standard InChI is InChI=1S/C12H13F3O4/c1-8-2-3-9(11(16)17)10(6-8)19-5-4-18-7-12(13,14)15/h2-3,6H,4-5,7H2,1H3,(H,16,17). The molecule has 0 spiro atoms. The largest absolute Gasteiger partial charge is 0.490 e. The fraction of sp³-hybridized carbons (Fsp3) is 0.417. The van der Waals surface area contributed by atoms with Gasteiger partial charge in [-0.15, -0.1) is 0 Å². The quantitative estimate of drug-likeness (QED) is 0.813. The van der Waals surface area contributed by atoms with Gasteiger partial charge in [-0.1, -0.05) is 6.07 Å². The van der Waals surface area contributed by atoms with E-state index in [0.717, 1.165) is 5.56 Å². The molecule has 0 aromatic heterocycles. The molecule has 0 aliphatic heterocycles. The Bertz CT molecular complexity index is 443. The minimum absolute atomic E-state index is 0.0404. The Labute approximate surface area is 107 Å². The van der Waals surface area contributed by atoms with E-state index in [1.807, 2.05) is 0 Å². The van der Waals surface area contributed by atoms with E-state index in [2.05, 4.69) is 4.74 Å². The molecule has 0 atom stereocenters. The van der Waals surface area contributed by atoms with Crippen molar-refractivity contribution in [3.8, 4) is 5.75 Å². The Kier molecular flexibility index (Phi) is 5.17. The van der Waals surface area contributed by atoms with Crippen LogP contribution in [-0.2, 0) is 4.74 Å². The molecule has 0 saturated carbocycles. The van der Waals surface area contributed by atoms with Gasteiger partial charge in [-0.2, -0.15) is 13.2 Å². The van der Waals surface area contributed by atoms with Gasteiger partial charge in [0.25, 0.3) is 0 Å². The van der Waals surface area contributed by atoms with Gasteiger partial charge in [-0.3, -0.25) is 0 Å². The highest BCUT2D eigenvalue weighted by Crippen LogP contribution is 2.20. The lowest BCUT2D eigenvalue weighted by atomic mass is 10.1. The highest BCUT2D eigenvalue weighted by Gasteiger charge is 2.27. The third-order valence-corrected chi connectivity index (χ3v) is 2.12. The van der Waals surface area contributed by atoms with Crippen LogP contribution in [0.15, 0.2) is 18.2 Å². The maximum Gasteiger partial charge on any atom is 0.411 e. The SMILES string of the molecule is Cc1ccc(C(=O)O)c(OCCOCC(F)(F)F)c1. The Morgan fingerprint density at radius 1 is 1.32 bits per heavy atom. The lowest BCUT2D eigenvalue weighted by Gasteiger charge is -2.11. The number of aromatic carboxylic acids is 1. The fourth-order valence-corrected chi connectivity index (χ4v) is 1.32. The van der Waals surface area contributed by atoms with E-state index in [1.54, 1.807) is 13.0 Å². The second kappa shape index (κ2) is 6.42. The molecule has 19 heavy (non-hydrogen) atoms. The number of rotatable bonds is 6. The van der Waals surface area contributed by atoms with Gasteiger partial charge in [0.1, 0.15) is 24.5 Å². The zero-order chi connectivity index (χ0) is 14.5. The molecule has 1 aromatic rings. The smallest absolute Gasteiger partial charge is 0.411 e. The van der Waals surface area contributed by atoms with Crippen LogP contribution in [-0.4, -0.2) is 37.1 Å². The maximum absolute atomic E-state index is 11.8. The molecule has 1 aromatic carbocycles. The van der Waals surface area contributed by atoms with Crippen molar-refractivity contribution >= 4 is 5.97 Å². The molecule has 1 rings (SSSR count). The van der Waals surface area contributed by atoms with Crippen LogP contribution in [0.1, 0.15) is 15.9 Å². The molecule has 0 unspecified atom stereocenters. The van der Waals surface area contributed by atoms with Crippen LogP contribution in [0.3, 0.4) is 0 Å². The number of carboxylic acids is 1. The molecule has 4 nitrogen and oxygen atoms in total. The molecule has 0 aliphatic rings. The number of ether oxygens (including phenoxy) is 2. The van der Waals surface area contributed by atoms with Crippen LogP contribution < -0.4 is 4.74 Å². The first-order chi connectivity index (χ1) is 8.79. The molecule has 0 fully saturated rings. The van der Waals surface area contributed by atoms with Crippen LogP contribution in [0.25, 0.3) is 0 Å². The molecular formula is C12H13F3O4. The van der Waals surface area contributed by atoms with Gasteiger partial charge < -0.3 is 14.6 Å². The molecule has 0 heterocycles. The van der Waals surface area contributed by atoms with Crippen molar-refractivity contribution in [3.05, 3.63) is 29.3 Å². The molecule has 0 amide bonds. The second-order valence-electron chi connectivity index (χ2n) is 3.82. The van der Waals surface area contributed by atoms with E-state index >= 15 is 0 Å². The summed E-state index contributed by atoms with van der Waals surface area (Å²) in [5.74, 6) is -1.05. The Balaban J connectivity index is 2.49. The van der Waals surface area contributed by atoms with E-state index in [4.69, 9.17) is 9.84 Å². The van der Waals surface area contributed by atoms with Crippen molar-refractivity contribution in [1.29, 1.82) is 0 Å². The first-order valence-electron chi connectivity index (χ1n) is 5.41. The number of carbonyl (C=O) groups is 1. The van der Waals surface area contributed by atoms with Crippen LogP contribution in [0.5, 0.6) is 5.75 Å². The van der Waals surface area contributed by atoms with Crippen molar-refractivity contribution in [1.82, 2.24) is 0 Å². The monoisotopic (exact) mass is 278 g/mol. The predicted octanol–water partition coefficient (Wildman–Crippen LogP) is 2.65. The zero-order valence-corrected chi connectivity index (χ0v) is 10.2. The highest BCUT2D eigenvalue weighted by molar-refractivity contribution is 5.90. The first-order valence-corrected chi connectivity index (χ1v) is 5.41. The highest BCUT2D eigenvalue weighted by atomic mass is 19.4. The van der Waals surface area contributed by atoms with Gasteiger partial charge >= 0.3 is 12.1 Å². The van der Waals surface area contributed by atoms with E-state index < -0.39 is 18.8 Å². The Hall–Kier alpha value is -1.76. The lowest BCUT2D eigenvalue weighted by Crippen LogP contribution is -2.19. The van der Waals surface area contributed by atoms with Crippen LogP contribution in [0.2, 0.25) is 0 Å². The number of hydrogen-bond acceptors (Lipinski definition) is 3. The second-order valence-corrected chi connectivity index (χ2v) is 3.82. The lowest BCUT2D eigenvalue weighted by molar-refractivity contribution is -0.175. The molecule has 0 radical (unpaired) electrons. The predicted molar refractivity (Wildman–Crippen MR) is 60.5 cm³/mol. The third-order valence-electron chi connectivity index (χ3n) is 2.12. The van der Waals surface area contributed by atoms with Crippen molar-refractivity contribution in [2.24, 2.45) is 0 Å². The topological polar surface area (TPSA) is 55.8 Å². The number of hydrogen-bond donors (Lipinski definition) is 1. The summed E-state index contributed by atoms with van der Waals surface area (Å²) in [5.41, 5.74) is 0.748. The van der Waals surface area contributed by atoms with Crippen LogP contribution in [0.4, 0.5) is 13.2 Å². The molecule has 106 valence electrons. The number of alkyl halides is 3. The van der Waals surface area contributed by atoms with Gasteiger partial charge in [-0.05, 0) is 24.6 Å². The minimum atomic E-state index is -4.38. The van der Waals surface area contributed by atoms with Crippen molar-refractivity contribution < 1.29 is 32.5 Å². The number of aryl methyl sites for hydroxylation is 1. The van der Waals surface area contributed by atoms with Gasteiger partial charge in [0.2, 0.25) is 0 Å². The van der Waals surface area contributed by atoms with E-state index in [-0.39, 0.29) is 24.5 Å². The Morgan fingerprint density at radius 3 is 2.58 bits per heavy atom. The first kappa shape index (κ1) is 15.3. The average Bonchev–Trinajstić information content (AvgIpc) is 2.26. The van der Waals surface area contributed by atoms with Gasteiger partial charge in [-0.25, -0.2) is 4.79 Å². The van der Waals surface area contributed by atoms with Crippen LogP contribution in [0, 0.1) is 6.92 Å². The fourth-order valence-electron chi connectivity index (χ4n) is 1.32. The summed E-state index contributed by atoms with van der Waals surface area (Å²) in [4.78, 5) is 10.9. The molecule has 0 bridgehead atoms. The third kappa shape index (κ3) is 5.60. The van der Waals surface area contributed by atoms with E-state index in [1.165, 1.54) is 12.1 Å². The summed E-state index contributed by atoms with van der Waals surface area (Å²) in [5, 5.41) is 8.91. The molecule has 1 N–H and O–H groups in total. The molecule has 7 heteroatoms. The van der Waals surface area contributed by atoms with Gasteiger partial charge in [0.15, 0.2) is 0 Å². The van der Waals surface area contributed by atoms with Crippen molar-refractivity contribution in [2.75, 3.05) is 19.8 Å². The summed E-state index contributed by atoms with van der Waals surface area (Å²) >= 11 is 0. The maximum atomic E-state index is 11.8. The Morgan fingerprint density at radius 2 is 2.00 bits per heavy atom. The average molecular weight is 278 g/mol. The molecular weight excluding hydrogens is 265 g/mol.